The van der Waals surface area contributed by atoms with Gasteiger partial charge in [-0.2, -0.15) is 5.10 Å². The lowest BCUT2D eigenvalue weighted by atomic mass is 9.90. The lowest BCUT2D eigenvalue weighted by Crippen LogP contribution is -2.23. The fraction of sp³-hybridized carbons (Fsp3) is 0.387. The van der Waals surface area contributed by atoms with Gasteiger partial charge in [-0.05, 0) is 87.3 Å². The van der Waals surface area contributed by atoms with Gasteiger partial charge in [0.25, 0.3) is 5.56 Å². The Morgan fingerprint density at radius 2 is 1.52 bits per heavy atom. The molecule has 1 fully saturated rings. The topological polar surface area (TPSA) is 141 Å². The second-order valence-electron chi connectivity index (χ2n) is 10.7. The Hall–Kier alpha value is -4.27. The van der Waals surface area contributed by atoms with E-state index in [0.29, 0.717) is 18.5 Å². The molecular weight excluding hydrogens is 508 g/mol. The highest BCUT2D eigenvalue weighted by Crippen LogP contribution is 2.44. The molecule has 3 aromatic rings. The zero-order chi connectivity index (χ0) is 28.5. The predicted octanol–water partition coefficient (Wildman–Crippen LogP) is 4.86. The largest absolute Gasteiger partial charge is 0.481 e. The van der Waals surface area contributed by atoms with Crippen molar-refractivity contribution in [3.8, 4) is 0 Å². The number of carbonyl (C=O) groups is 3. The number of aliphatic carboxylic acids is 1. The molecule has 1 saturated carbocycles. The summed E-state index contributed by atoms with van der Waals surface area (Å²) < 4.78 is 0. The van der Waals surface area contributed by atoms with Crippen LogP contribution in [-0.2, 0) is 33.6 Å². The molecule has 0 spiro atoms. The van der Waals surface area contributed by atoms with Crippen LogP contribution in [0.1, 0.15) is 74.3 Å². The highest BCUT2D eigenvalue weighted by molar-refractivity contribution is 5.93. The van der Waals surface area contributed by atoms with Crippen LogP contribution in [0.2, 0.25) is 0 Å². The zero-order valence-electron chi connectivity index (χ0n) is 22.8. The monoisotopic (exact) mass is 544 g/mol. The molecule has 2 aromatic carbocycles. The molecule has 2 amide bonds. The number of benzene rings is 2. The number of hydrogen-bond acceptors (Lipinski definition) is 5. The third-order valence-electron chi connectivity index (χ3n) is 7.35. The number of amides is 2. The molecule has 210 valence electrons. The number of carbonyl (C=O) groups excluding carboxylic acids is 2. The van der Waals surface area contributed by atoms with Crippen molar-refractivity contribution in [2.24, 2.45) is 5.41 Å². The molecule has 1 heterocycles. The second-order valence-corrected chi connectivity index (χ2v) is 10.7. The van der Waals surface area contributed by atoms with Crippen LogP contribution in [0.4, 0.5) is 11.4 Å². The van der Waals surface area contributed by atoms with Gasteiger partial charge in [0.2, 0.25) is 11.8 Å². The number of rotatable bonds is 9. The first kappa shape index (κ1) is 28.7. The Morgan fingerprint density at radius 1 is 0.900 bits per heavy atom. The molecule has 0 radical (unpaired) electrons. The van der Waals surface area contributed by atoms with Gasteiger partial charge in [-0.1, -0.05) is 30.3 Å². The Kier molecular flexibility index (Phi) is 9.47. The van der Waals surface area contributed by atoms with Crippen LogP contribution in [0.3, 0.4) is 0 Å². The van der Waals surface area contributed by atoms with Gasteiger partial charge in [0.15, 0.2) is 0 Å². The van der Waals surface area contributed by atoms with E-state index in [4.69, 9.17) is 5.11 Å². The second kappa shape index (κ2) is 13.2. The van der Waals surface area contributed by atoms with Gasteiger partial charge in [-0.3, -0.25) is 19.2 Å². The van der Waals surface area contributed by atoms with Crippen LogP contribution < -0.4 is 16.2 Å². The van der Waals surface area contributed by atoms with Gasteiger partial charge in [-0.25, -0.2) is 5.10 Å². The predicted molar refractivity (Wildman–Crippen MR) is 153 cm³/mol. The van der Waals surface area contributed by atoms with Crippen LogP contribution in [0, 0.1) is 5.41 Å². The smallest absolute Gasteiger partial charge is 0.309 e. The fourth-order valence-corrected chi connectivity index (χ4v) is 4.61. The molecular formula is C31H36N4O5. The number of aromatic nitrogens is 2. The maximum atomic E-state index is 12.4. The van der Waals surface area contributed by atoms with Gasteiger partial charge < -0.3 is 15.7 Å². The zero-order valence-corrected chi connectivity index (χ0v) is 22.8. The molecule has 0 atom stereocenters. The van der Waals surface area contributed by atoms with E-state index >= 15 is 0 Å². The molecule has 0 saturated heterocycles. The third kappa shape index (κ3) is 8.11. The van der Waals surface area contributed by atoms with Crippen LogP contribution in [0.5, 0.6) is 0 Å². The summed E-state index contributed by atoms with van der Waals surface area (Å²) >= 11 is 0. The van der Waals surface area contributed by atoms with E-state index in [0.717, 1.165) is 66.6 Å². The minimum atomic E-state index is -0.646. The summed E-state index contributed by atoms with van der Waals surface area (Å²) in [6.07, 6.45) is 7.15. The Balaban J connectivity index is 0.000000461. The van der Waals surface area contributed by atoms with Gasteiger partial charge in [0, 0.05) is 36.2 Å². The quantitative estimate of drug-likeness (QED) is 0.303. The minimum Gasteiger partial charge on any atom is -0.481 e. The Bertz CT molecular complexity index is 1410. The lowest BCUT2D eigenvalue weighted by molar-refractivity contribution is -0.142. The lowest BCUT2D eigenvalue weighted by Gasteiger charge is -2.17. The van der Waals surface area contributed by atoms with Crippen molar-refractivity contribution in [3.05, 3.63) is 87.3 Å². The maximum Gasteiger partial charge on any atom is 0.309 e. The molecule has 0 bridgehead atoms. The number of carboxylic acids is 1. The molecule has 5 rings (SSSR count). The maximum absolute atomic E-state index is 12.4. The van der Waals surface area contributed by atoms with E-state index in [1.165, 1.54) is 0 Å². The first-order valence-corrected chi connectivity index (χ1v) is 13.8. The number of aromatic amines is 1. The molecule has 2 aliphatic carbocycles. The average molecular weight is 545 g/mol. The number of para-hydroxylation sites is 1. The van der Waals surface area contributed by atoms with Crippen LogP contribution in [0.15, 0.2) is 59.4 Å². The van der Waals surface area contributed by atoms with Gasteiger partial charge in [0.1, 0.15) is 0 Å². The standard InChI is InChI=1S/C26H28N4O3.C5H8O2/c31-24(27-19-9-2-1-3-10-19)14-7-15-25(32)28-20-11-6-8-18(16-20)17-23-21-12-4-5-13-22(21)26(33)30-29-23;1-5(2-3-5)4(6)7/h1-3,6,8-11,16H,4-5,7,12-15,17H2,(H,27,31)(H,28,32)(H,30,33);2-3H2,1H3,(H,6,7). The summed E-state index contributed by atoms with van der Waals surface area (Å²) in [5.74, 6) is -0.876. The van der Waals surface area contributed by atoms with E-state index in [1.54, 1.807) is 6.92 Å². The molecule has 4 N–H and O–H groups in total. The summed E-state index contributed by atoms with van der Waals surface area (Å²) in [7, 11) is 0. The number of H-pyrrole nitrogens is 1. The Morgan fingerprint density at radius 3 is 2.15 bits per heavy atom. The number of hydrogen-bond donors (Lipinski definition) is 4. The average Bonchev–Trinajstić information content (AvgIpc) is 3.70. The minimum absolute atomic E-state index is 0.0769. The molecule has 9 heteroatoms. The van der Waals surface area contributed by atoms with Crippen molar-refractivity contribution >= 4 is 29.2 Å². The van der Waals surface area contributed by atoms with Crippen molar-refractivity contribution in [2.45, 2.75) is 71.1 Å². The van der Waals surface area contributed by atoms with Gasteiger partial charge >= 0.3 is 5.97 Å². The van der Waals surface area contributed by atoms with Gasteiger partial charge in [-0.15, -0.1) is 0 Å². The first-order valence-electron chi connectivity index (χ1n) is 13.8. The SMILES string of the molecule is CC1(C(=O)O)CC1.O=C(CCCC(=O)Nc1cccc(Cc2n[nH]c(=O)c3c2CCCC3)c1)Nc1ccccc1. The number of anilines is 2. The number of nitrogens with one attached hydrogen (secondary N) is 3. The molecule has 1 aromatic heterocycles. The highest BCUT2D eigenvalue weighted by atomic mass is 16.4. The van der Waals surface area contributed by atoms with Crippen molar-refractivity contribution < 1.29 is 19.5 Å². The Labute approximate surface area is 233 Å². The van der Waals surface area contributed by atoms with Crippen LogP contribution in [-0.4, -0.2) is 33.1 Å². The molecule has 0 aliphatic heterocycles. The summed E-state index contributed by atoms with van der Waals surface area (Å²) in [5, 5.41) is 21.0. The normalized spacial score (nSPS) is 14.6. The van der Waals surface area contributed by atoms with E-state index < -0.39 is 5.97 Å². The number of carboxylic acid groups (broad SMARTS) is 1. The fourth-order valence-electron chi connectivity index (χ4n) is 4.61. The first-order chi connectivity index (χ1) is 19.2. The summed E-state index contributed by atoms with van der Waals surface area (Å²) in [4.78, 5) is 46.5. The molecule has 9 nitrogen and oxygen atoms in total. The number of nitrogens with zero attached hydrogens (tertiary/aromatic N) is 1. The summed E-state index contributed by atoms with van der Waals surface area (Å²) in [5.41, 5.74) is 4.92. The van der Waals surface area contributed by atoms with E-state index in [1.807, 2.05) is 54.6 Å². The molecule has 40 heavy (non-hydrogen) atoms. The van der Waals surface area contributed by atoms with Crippen LogP contribution >= 0.6 is 0 Å². The van der Waals surface area contributed by atoms with Crippen molar-refractivity contribution in [2.75, 3.05) is 10.6 Å². The van der Waals surface area contributed by atoms with Crippen molar-refractivity contribution in [1.82, 2.24) is 10.2 Å². The van der Waals surface area contributed by atoms with E-state index in [-0.39, 0.29) is 35.6 Å². The van der Waals surface area contributed by atoms with E-state index in [9.17, 15) is 19.2 Å². The molecule has 0 unspecified atom stereocenters. The van der Waals surface area contributed by atoms with E-state index in [2.05, 4.69) is 20.8 Å². The van der Waals surface area contributed by atoms with Crippen molar-refractivity contribution in [3.63, 3.8) is 0 Å². The van der Waals surface area contributed by atoms with Gasteiger partial charge in [0.05, 0.1) is 11.1 Å². The summed E-state index contributed by atoms with van der Waals surface area (Å²) in [6, 6.07) is 16.9. The van der Waals surface area contributed by atoms with Crippen molar-refractivity contribution in [1.29, 1.82) is 0 Å². The molecule has 2 aliphatic rings. The highest BCUT2D eigenvalue weighted by Gasteiger charge is 2.44. The summed E-state index contributed by atoms with van der Waals surface area (Å²) in [6.45, 7) is 1.77. The number of fused-ring (bicyclic) bond motifs is 1. The van der Waals surface area contributed by atoms with Crippen LogP contribution in [0.25, 0.3) is 0 Å². The third-order valence-corrected chi connectivity index (χ3v) is 7.35.